The van der Waals surface area contributed by atoms with Crippen LogP contribution in [-0.2, 0) is 0 Å². The van der Waals surface area contributed by atoms with Crippen molar-refractivity contribution in [1.29, 1.82) is 0 Å². The molecule has 1 aliphatic heterocycles. The Bertz CT molecular complexity index is 452. The molecule has 0 aromatic heterocycles. The molecule has 1 aliphatic carbocycles. The lowest BCUT2D eigenvalue weighted by Crippen LogP contribution is -2.47. The van der Waals surface area contributed by atoms with Gasteiger partial charge in [0.05, 0.1) is 0 Å². The highest BCUT2D eigenvalue weighted by Crippen LogP contribution is 2.30. The van der Waals surface area contributed by atoms with Gasteiger partial charge in [-0.3, -0.25) is 9.69 Å². The number of hydrogen-bond acceptors (Lipinski definition) is 2. The standard InChI is InChI=1S/C16H20ClNO/c17-14-8-6-12(7-9-14)16(19)13-3-2-10-18(11-13)15-4-1-5-15/h6-9,13,15H,1-5,10-11H2/t13-/m1/s1. The van der Waals surface area contributed by atoms with E-state index in [0.717, 1.165) is 31.0 Å². The van der Waals surface area contributed by atoms with Crippen molar-refractivity contribution in [2.75, 3.05) is 13.1 Å². The number of benzene rings is 1. The van der Waals surface area contributed by atoms with Crippen molar-refractivity contribution in [3.8, 4) is 0 Å². The van der Waals surface area contributed by atoms with Gasteiger partial charge in [-0.1, -0.05) is 18.0 Å². The molecule has 0 bridgehead atoms. The van der Waals surface area contributed by atoms with E-state index in [9.17, 15) is 4.79 Å². The van der Waals surface area contributed by atoms with Crippen molar-refractivity contribution in [2.45, 2.75) is 38.1 Å². The van der Waals surface area contributed by atoms with Gasteiger partial charge in [0.15, 0.2) is 5.78 Å². The number of carbonyl (C=O) groups is 1. The van der Waals surface area contributed by atoms with Gasteiger partial charge in [0, 0.05) is 29.1 Å². The molecule has 2 aliphatic rings. The second-order valence-corrected chi connectivity index (χ2v) is 6.23. The van der Waals surface area contributed by atoms with E-state index < -0.39 is 0 Å². The van der Waals surface area contributed by atoms with Crippen LogP contribution in [0.15, 0.2) is 24.3 Å². The molecule has 1 saturated carbocycles. The summed E-state index contributed by atoms with van der Waals surface area (Å²) >= 11 is 5.87. The molecule has 1 atom stereocenters. The van der Waals surface area contributed by atoms with E-state index >= 15 is 0 Å². The van der Waals surface area contributed by atoms with Crippen molar-refractivity contribution < 1.29 is 4.79 Å². The normalized spacial score (nSPS) is 25.0. The van der Waals surface area contributed by atoms with Crippen LogP contribution >= 0.6 is 11.6 Å². The summed E-state index contributed by atoms with van der Waals surface area (Å²) in [5.74, 6) is 0.469. The van der Waals surface area contributed by atoms with E-state index in [1.807, 2.05) is 12.1 Å². The van der Waals surface area contributed by atoms with Gasteiger partial charge < -0.3 is 0 Å². The Labute approximate surface area is 119 Å². The summed E-state index contributed by atoms with van der Waals surface area (Å²) in [4.78, 5) is 15.0. The third-order valence-electron chi connectivity index (χ3n) is 4.54. The monoisotopic (exact) mass is 277 g/mol. The molecular formula is C16H20ClNO. The van der Waals surface area contributed by atoms with Gasteiger partial charge in [-0.05, 0) is 56.5 Å². The number of nitrogens with zero attached hydrogens (tertiary/aromatic N) is 1. The SMILES string of the molecule is O=C(c1ccc(Cl)cc1)[C@@H]1CCCN(C2CCC2)C1. The van der Waals surface area contributed by atoms with Gasteiger partial charge in [-0.2, -0.15) is 0 Å². The Morgan fingerprint density at radius 3 is 2.47 bits per heavy atom. The highest BCUT2D eigenvalue weighted by atomic mass is 35.5. The molecule has 2 fully saturated rings. The fourth-order valence-corrected chi connectivity index (χ4v) is 3.28. The van der Waals surface area contributed by atoms with Crippen LogP contribution in [-0.4, -0.2) is 29.8 Å². The minimum atomic E-state index is 0.176. The second kappa shape index (κ2) is 5.64. The Kier molecular flexibility index (Phi) is 3.90. The number of halogens is 1. The molecule has 102 valence electrons. The summed E-state index contributed by atoms with van der Waals surface area (Å²) in [5.41, 5.74) is 0.810. The van der Waals surface area contributed by atoms with Gasteiger partial charge in [0.1, 0.15) is 0 Å². The van der Waals surface area contributed by atoms with Crippen LogP contribution in [0, 0.1) is 5.92 Å². The lowest BCUT2D eigenvalue weighted by molar-refractivity contribution is 0.0612. The molecule has 2 nitrogen and oxygen atoms in total. The molecule has 3 rings (SSSR count). The van der Waals surface area contributed by atoms with E-state index in [2.05, 4.69) is 4.90 Å². The topological polar surface area (TPSA) is 20.3 Å². The molecule has 0 N–H and O–H groups in total. The molecule has 0 amide bonds. The fourth-order valence-electron chi connectivity index (χ4n) is 3.15. The number of rotatable bonds is 3. The zero-order valence-corrected chi connectivity index (χ0v) is 11.9. The average molecular weight is 278 g/mol. The molecular weight excluding hydrogens is 258 g/mol. The summed E-state index contributed by atoms with van der Waals surface area (Å²) in [6.45, 7) is 2.13. The highest BCUT2D eigenvalue weighted by molar-refractivity contribution is 6.30. The molecule has 0 radical (unpaired) electrons. The van der Waals surface area contributed by atoms with Crippen LogP contribution in [0.4, 0.5) is 0 Å². The molecule has 19 heavy (non-hydrogen) atoms. The third-order valence-corrected chi connectivity index (χ3v) is 4.80. The summed E-state index contributed by atoms with van der Waals surface area (Å²) in [6.07, 6.45) is 6.19. The van der Waals surface area contributed by atoms with Gasteiger partial charge >= 0.3 is 0 Å². The molecule has 1 saturated heterocycles. The first-order valence-corrected chi connectivity index (χ1v) is 7.65. The van der Waals surface area contributed by atoms with Crippen LogP contribution in [0.1, 0.15) is 42.5 Å². The maximum atomic E-state index is 12.5. The van der Waals surface area contributed by atoms with Crippen LogP contribution in [0.3, 0.4) is 0 Å². The molecule has 1 aromatic rings. The smallest absolute Gasteiger partial charge is 0.167 e. The molecule has 0 spiro atoms. The predicted molar refractivity (Wildman–Crippen MR) is 77.7 cm³/mol. The molecule has 1 aromatic carbocycles. The van der Waals surface area contributed by atoms with Crippen LogP contribution < -0.4 is 0 Å². The number of Topliss-reactive ketones (excluding diaryl/α,β-unsaturated/α-hetero) is 1. The summed E-state index contributed by atoms with van der Waals surface area (Å²) in [5, 5.41) is 0.691. The Hall–Kier alpha value is -0.860. The molecule has 1 heterocycles. The number of hydrogen-bond donors (Lipinski definition) is 0. The van der Waals surface area contributed by atoms with Crippen molar-refractivity contribution in [3.63, 3.8) is 0 Å². The lowest BCUT2D eigenvalue weighted by Gasteiger charge is -2.42. The van der Waals surface area contributed by atoms with Crippen LogP contribution in [0.5, 0.6) is 0 Å². The predicted octanol–water partition coefficient (Wildman–Crippen LogP) is 3.79. The first-order chi connectivity index (χ1) is 9.24. The molecule has 0 unspecified atom stereocenters. The minimum absolute atomic E-state index is 0.176. The van der Waals surface area contributed by atoms with Crippen molar-refractivity contribution in [1.82, 2.24) is 4.90 Å². The van der Waals surface area contributed by atoms with Gasteiger partial charge in [-0.15, -0.1) is 0 Å². The van der Waals surface area contributed by atoms with E-state index in [1.54, 1.807) is 12.1 Å². The number of carbonyl (C=O) groups excluding carboxylic acids is 1. The minimum Gasteiger partial charge on any atom is -0.300 e. The molecule has 3 heteroatoms. The highest BCUT2D eigenvalue weighted by Gasteiger charge is 2.32. The first kappa shape index (κ1) is 13.1. The van der Waals surface area contributed by atoms with Crippen LogP contribution in [0.25, 0.3) is 0 Å². The summed E-state index contributed by atoms with van der Waals surface area (Å²) < 4.78 is 0. The zero-order valence-electron chi connectivity index (χ0n) is 11.1. The summed E-state index contributed by atoms with van der Waals surface area (Å²) in [6, 6.07) is 8.07. The van der Waals surface area contributed by atoms with E-state index in [1.165, 1.54) is 25.8 Å². The van der Waals surface area contributed by atoms with E-state index in [-0.39, 0.29) is 5.92 Å². The first-order valence-electron chi connectivity index (χ1n) is 7.28. The van der Waals surface area contributed by atoms with E-state index in [4.69, 9.17) is 11.6 Å². The third kappa shape index (κ3) is 2.85. The second-order valence-electron chi connectivity index (χ2n) is 5.79. The van der Waals surface area contributed by atoms with Crippen molar-refractivity contribution in [2.24, 2.45) is 5.92 Å². The number of ketones is 1. The van der Waals surface area contributed by atoms with Crippen molar-refractivity contribution in [3.05, 3.63) is 34.9 Å². The van der Waals surface area contributed by atoms with E-state index in [0.29, 0.717) is 10.8 Å². The average Bonchev–Trinajstić information content (AvgIpc) is 2.37. The maximum absolute atomic E-state index is 12.5. The fraction of sp³-hybridized carbons (Fsp3) is 0.562. The lowest BCUT2D eigenvalue weighted by atomic mass is 9.85. The Morgan fingerprint density at radius 2 is 1.84 bits per heavy atom. The van der Waals surface area contributed by atoms with Crippen molar-refractivity contribution >= 4 is 17.4 Å². The number of piperidine rings is 1. The largest absolute Gasteiger partial charge is 0.300 e. The van der Waals surface area contributed by atoms with Gasteiger partial charge in [0.2, 0.25) is 0 Å². The van der Waals surface area contributed by atoms with Gasteiger partial charge in [0.25, 0.3) is 0 Å². The Balaban J connectivity index is 1.67. The Morgan fingerprint density at radius 1 is 1.11 bits per heavy atom. The summed E-state index contributed by atoms with van der Waals surface area (Å²) in [7, 11) is 0. The quantitative estimate of drug-likeness (QED) is 0.784. The number of likely N-dealkylation sites (tertiary alicyclic amines) is 1. The zero-order chi connectivity index (χ0) is 13.2. The van der Waals surface area contributed by atoms with Crippen LogP contribution in [0.2, 0.25) is 5.02 Å². The maximum Gasteiger partial charge on any atom is 0.167 e. The van der Waals surface area contributed by atoms with Gasteiger partial charge in [-0.25, -0.2) is 0 Å².